The number of aromatic nitrogens is 2. The topological polar surface area (TPSA) is 86.9 Å². The molecule has 12 heavy (non-hydrogen) atoms. The summed E-state index contributed by atoms with van der Waals surface area (Å²) in [7, 11) is 0. The highest BCUT2D eigenvalue weighted by Crippen LogP contribution is 2.05. The van der Waals surface area contributed by atoms with Gasteiger partial charge in [0.1, 0.15) is 11.8 Å². The van der Waals surface area contributed by atoms with E-state index in [-0.39, 0.29) is 5.69 Å². The van der Waals surface area contributed by atoms with Gasteiger partial charge in [-0.25, -0.2) is 4.79 Å². The van der Waals surface area contributed by atoms with E-state index < -0.39 is 5.97 Å². The van der Waals surface area contributed by atoms with E-state index >= 15 is 0 Å². The Morgan fingerprint density at radius 2 is 2.42 bits per heavy atom. The first-order valence-corrected chi connectivity index (χ1v) is 3.60. The van der Waals surface area contributed by atoms with Crippen LogP contribution >= 0.6 is 11.7 Å². The molecule has 0 aliphatic carbocycles. The highest BCUT2D eigenvalue weighted by Gasteiger charge is 2.02. The summed E-state index contributed by atoms with van der Waals surface area (Å²) < 4.78 is 7.35. The third-order valence-corrected chi connectivity index (χ3v) is 1.55. The fourth-order valence-electron chi connectivity index (χ4n) is 0.532. The van der Waals surface area contributed by atoms with Crippen LogP contribution in [0.25, 0.3) is 6.08 Å². The minimum absolute atomic E-state index is 0.150. The summed E-state index contributed by atoms with van der Waals surface area (Å²) in [6, 6.07) is 1.79. The van der Waals surface area contributed by atoms with Crippen molar-refractivity contribution in [2.75, 3.05) is 0 Å². The first-order valence-electron chi connectivity index (χ1n) is 2.87. The molecule has 0 saturated heterocycles. The summed E-state index contributed by atoms with van der Waals surface area (Å²) in [5.41, 5.74) is 0.447. The molecule has 6 heteroatoms. The molecule has 1 heterocycles. The summed E-state index contributed by atoms with van der Waals surface area (Å²) >= 11 is 0.876. The maximum absolute atomic E-state index is 10.1. The summed E-state index contributed by atoms with van der Waals surface area (Å²) in [5.74, 6) is -1.08. The Morgan fingerprint density at radius 1 is 1.67 bits per heavy atom. The second kappa shape index (κ2) is 3.59. The van der Waals surface area contributed by atoms with E-state index in [9.17, 15) is 4.79 Å². The molecule has 0 saturated carbocycles. The lowest BCUT2D eigenvalue weighted by atomic mass is 10.3. The van der Waals surface area contributed by atoms with Crippen molar-refractivity contribution in [2.24, 2.45) is 0 Å². The minimum atomic E-state index is -1.08. The van der Waals surface area contributed by atoms with Crippen LogP contribution in [-0.2, 0) is 4.79 Å². The Balaban J connectivity index is 2.90. The van der Waals surface area contributed by atoms with E-state index in [0.717, 1.165) is 17.8 Å². The normalized spacial score (nSPS) is 9.92. The van der Waals surface area contributed by atoms with E-state index in [1.54, 1.807) is 6.07 Å². The number of nitriles is 1. The van der Waals surface area contributed by atoms with Gasteiger partial charge in [0.05, 0.1) is 11.7 Å². The number of carboxylic acids is 1. The van der Waals surface area contributed by atoms with Crippen molar-refractivity contribution in [3.8, 4) is 6.07 Å². The Kier molecular flexibility index (Phi) is 2.50. The third-order valence-electron chi connectivity index (χ3n) is 1.00. The van der Waals surface area contributed by atoms with Gasteiger partial charge in [-0.3, -0.25) is 0 Å². The molecule has 1 aromatic rings. The standard InChI is InChI=1S/C6H3N3O2S/c7-3-5-4(8-12-9-5)1-2-6(10)11/h1-2H,(H,10,11)/b2-1-. The molecule has 1 rings (SSSR count). The zero-order valence-electron chi connectivity index (χ0n) is 5.76. The molecule has 0 bridgehead atoms. The SMILES string of the molecule is N#Cc1nsnc1/C=C\C(=O)O. The molecule has 0 unspecified atom stereocenters. The molecule has 0 aromatic carbocycles. The van der Waals surface area contributed by atoms with Gasteiger partial charge in [0.25, 0.3) is 0 Å². The monoisotopic (exact) mass is 181 g/mol. The molecule has 1 N–H and O–H groups in total. The van der Waals surface area contributed by atoms with Crippen LogP contribution in [0.3, 0.4) is 0 Å². The van der Waals surface area contributed by atoms with Crippen molar-refractivity contribution < 1.29 is 9.90 Å². The van der Waals surface area contributed by atoms with Crippen LogP contribution in [0, 0.1) is 11.3 Å². The van der Waals surface area contributed by atoms with E-state index in [2.05, 4.69) is 8.75 Å². The number of carbonyl (C=O) groups is 1. The lowest BCUT2D eigenvalue weighted by Crippen LogP contribution is -1.86. The highest BCUT2D eigenvalue weighted by molar-refractivity contribution is 6.99. The van der Waals surface area contributed by atoms with E-state index in [1.807, 2.05) is 0 Å². The van der Waals surface area contributed by atoms with Gasteiger partial charge in [-0.1, -0.05) is 0 Å². The van der Waals surface area contributed by atoms with Crippen molar-refractivity contribution in [1.82, 2.24) is 8.75 Å². The number of hydrogen-bond donors (Lipinski definition) is 1. The number of nitrogens with zero attached hydrogens (tertiary/aromatic N) is 3. The molecule has 0 aliphatic heterocycles. The van der Waals surface area contributed by atoms with E-state index in [4.69, 9.17) is 10.4 Å². The van der Waals surface area contributed by atoms with Crippen molar-refractivity contribution in [2.45, 2.75) is 0 Å². The van der Waals surface area contributed by atoms with Crippen LogP contribution in [0.5, 0.6) is 0 Å². The molecule has 0 fully saturated rings. The van der Waals surface area contributed by atoms with Crippen LogP contribution in [-0.4, -0.2) is 19.8 Å². The average Bonchev–Trinajstić information content (AvgIpc) is 2.47. The van der Waals surface area contributed by atoms with Gasteiger partial charge < -0.3 is 5.11 Å². The lowest BCUT2D eigenvalue weighted by molar-refractivity contribution is -0.131. The second-order valence-corrected chi connectivity index (χ2v) is 2.31. The molecular weight excluding hydrogens is 178 g/mol. The predicted molar refractivity (Wildman–Crippen MR) is 41.3 cm³/mol. The van der Waals surface area contributed by atoms with Gasteiger partial charge in [0.2, 0.25) is 0 Å². The average molecular weight is 181 g/mol. The molecule has 0 atom stereocenters. The molecule has 1 aromatic heterocycles. The smallest absolute Gasteiger partial charge is 0.328 e. The van der Waals surface area contributed by atoms with Crippen molar-refractivity contribution in [3.63, 3.8) is 0 Å². The van der Waals surface area contributed by atoms with Crippen LogP contribution in [0.2, 0.25) is 0 Å². The van der Waals surface area contributed by atoms with Gasteiger partial charge in [0.15, 0.2) is 5.69 Å². The van der Waals surface area contributed by atoms with Crippen molar-refractivity contribution in [3.05, 3.63) is 17.5 Å². The molecule has 0 spiro atoms. The molecular formula is C6H3N3O2S. The van der Waals surface area contributed by atoms with E-state index in [0.29, 0.717) is 5.69 Å². The molecule has 0 aliphatic rings. The van der Waals surface area contributed by atoms with Gasteiger partial charge >= 0.3 is 5.97 Å². The van der Waals surface area contributed by atoms with Crippen LogP contribution in [0.4, 0.5) is 0 Å². The number of hydrogen-bond acceptors (Lipinski definition) is 5. The van der Waals surface area contributed by atoms with Gasteiger partial charge in [-0.2, -0.15) is 14.0 Å². The maximum Gasteiger partial charge on any atom is 0.328 e. The minimum Gasteiger partial charge on any atom is -0.478 e. The van der Waals surface area contributed by atoms with Gasteiger partial charge in [-0.15, -0.1) is 0 Å². The molecule has 60 valence electrons. The van der Waals surface area contributed by atoms with Gasteiger partial charge in [0, 0.05) is 6.08 Å². The summed E-state index contributed by atoms with van der Waals surface area (Å²) in [5, 5.41) is 16.7. The van der Waals surface area contributed by atoms with Crippen molar-refractivity contribution >= 4 is 23.8 Å². The van der Waals surface area contributed by atoms with Crippen LogP contribution < -0.4 is 0 Å². The summed E-state index contributed by atoms with van der Waals surface area (Å²) in [4.78, 5) is 10.1. The predicted octanol–water partition coefficient (Wildman–Crippen LogP) is 0.508. The first kappa shape index (κ1) is 8.36. The highest BCUT2D eigenvalue weighted by atomic mass is 32.1. The molecule has 0 amide bonds. The lowest BCUT2D eigenvalue weighted by Gasteiger charge is -1.80. The fourth-order valence-corrected chi connectivity index (χ4v) is 1.02. The Labute approximate surface area is 71.9 Å². The zero-order chi connectivity index (χ0) is 8.97. The number of carboxylic acid groups (broad SMARTS) is 1. The Morgan fingerprint density at radius 3 is 3.00 bits per heavy atom. The summed E-state index contributed by atoms with van der Waals surface area (Å²) in [6.45, 7) is 0. The Bertz CT molecular complexity index is 363. The fraction of sp³-hybridized carbons (Fsp3) is 0. The molecule has 5 nitrogen and oxygen atoms in total. The number of rotatable bonds is 2. The quantitative estimate of drug-likeness (QED) is 0.671. The molecule has 0 radical (unpaired) electrons. The van der Waals surface area contributed by atoms with Crippen LogP contribution in [0.15, 0.2) is 6.08 Å². The summed E-state index contributed by atoms with van der Waals surface area (Å²) in [6.07, 6.45) is 2.15. The van der Waals surface area contributed by atoms with Crippen LogP contribution in [0.1, 0.15) is 11.4 Å². The zero-order valence-corrected chi connectivity index (χ0v) is 6.58. The Hall–Kier alpha value is -1.74. The van der Waals surface area contributed by atoms with E-state index in [1.165, 1.54) is 6.08 Å². The number of aliphatic carboxylic acids is 1. The second-order valence-electron chi connectivity index (χ2n) is 1.78. The largest absolute Gasteiger partial charge is 0.478 e. The maximum atomic E-state index is 10.1. The third kappa shape index (κ3) is 1.87. The first-order chi connectivity index (χ1) is 5.74. The van der Waals surface area contributed by atoms with Gasteiger partial charge in [-0.05, 0) is 6.08 Å². The van der Waals surface area contributed by atoms with Crippen molar-refractivity contribution in [1.29, 1.82) is 5.26 Å².